The Balaban J connectivity index is 1.94. The van der Waals surface area contributed by atoms with Crippen LogP contribution in [0, 0.1) is 6.92 Å². The number of aryl methyl sites for hydroxylation is 1. The number of carbonyl (C=O) groups excluding carboxylic acids is 2. The van der Waals surface area contributed by atoms with Gasteiger partial charge in [-0.05, 0) is 65.6 Å². The SMILES string of the molecule is CCC[C@](C(=O)NN)(c1c([C@H](C/C=C/c2ccccc2)C(=O)NOC2CCCCO2)cc(C)c2ccccc12)S(C)(=O)=O. The molecule has 4 N–H and O–H groups in total. The van der Waals surface area contributed by atoms with Gasteiger partial charge < -0.3 is 4.74 Å². The summed E-state index contributed by atoms with van der Waals surface area (Å²) in [6, 6.07) is 18.8. The fourth-order valence-electron chi connectivity index (χ4n) is 5.95. The van der Waals surface area contributed by atoms with Crippen molar-refractivity contribution < 1.29 is 27.6 Å². The number of hydrogen-bond donors (Lipinski definition) is 3. The van der Waals surface area contributed by atoms with E-state index in [1.807, 2.05) is 74.5 Å². The Bertz CT molecular complexity index is 1570. The highest BCUT2D eigenvalue weighted by atomic mass is 32.2. The van der Waals surface area contributed by atoms with Gasteiger partial charge in [0.05, 0.1) is 5.92 Å². The summed E-state index contributed by atoms with van der Waals surface area (Å²) < 4.78 is 31.1. The molecule has 10 heteroatoms. The number of hydrazine groups is 1. The Morgan fingerprint density at radius 1 is 1.12 bits per heavy atom. The molecular weight excluding hydrogens is 566 g/mol. The average Bonchev–Trinajstić information content (AvgIpc) is 3.01. The zero-order valence-corrected chi connectivity index (χ0v) is 25.8. The minimum absolute atomic E-state index is 0.0322. The third-order valence-corrected chi connectivity index (χ3v) is 9.88. The molecule has 2 amide bonds. The van der Waals surface area contributed by atoms with Crippen LogP contribution >= 0.6 is 0 Å². The standard InChI is InChI=1S/C33H41N3O6S/c1-4-20-33(32(38)35-34,43(3,39)40)30-26-17-9-8-16-25(26)23(2)22-28(30)27(18-12-15-24-13-6-5-7-14-24)31(37)36-42-29-19-10-11-21-41-29/h5-9,12-17,22,27,29H,4,10-11,18-21,34H2,1-3H3,(H,35,38)(H,36,37)/b15-12+/t27-,29?,33+/m0/s1. The summed E-state index contributed by atoms with van der Waals surface area (Å²) >= 11 is 0. The van der Waals surface area contributed by atoms with Gasteiger partial charge in [-0.15, -0.1) is 0 Å². The first-order chi connectivity index (χ1) is 20.6. The maximum atomic E-state index is 14.0. The van der Waals surface area contributed by atoms with Gasteiger partial charge in [-0.2, -0.15) is 0 Å². The highest BCUT2D eigenvalue weighted by Gasteiger charge is 2.52. The topological polar surface area (TPSA) is 137 Å². The molecule has 3 aromatic rings. The second-order valence-corrected chi connectivity index (χ2v) is 13.2. The Morgan fingerprint density at radius 2 is 1.81 bits per heavy atom. The highest BCUT2D eigenvalue weighted by Crippen LogP contribution is 2.45. The lowest BCUT2D eigenvalue weighted by Crippen LogP contribution is -2.52. The number of hydroxylamine groups is 1. The van der Waals surface area contributed by atoms with Crippen molar-refractivity contribution in [1.29, 1.82) is 0 Å². The predicted molar refractivity (Wildman–Crippen MR) is 168 cm³/mol. The van der Waals surface area contributed by atoms with Crippen molar-refractivity contribution >= 4 is 38.5 Å². The minimum atomic E-state index is -4.13. The van der Waals surface area contributed by atoms with Gasteiger partial charge in [0.1, 0.15) is 0 Å². The molecule has 9 nitrogen and oxygen atoms in total. The van der Waals surface area contributed by atoms with Gasteiger partial charge in [-0.25, -0.2) is 24.6 Å². The Kier molecular flexibility index (Phi) is 10.7. The zero-order chi connectivity index (χ0) is 31.0. The molecule has 43 heavy (non-hydrogen) atoms. The largest absolute Gasteiger partial charge is 0.350 e. The number of allylic oxidation sites excluding steroid dienone is 1. The van der Waals surface area contributed by atoms with Crippen LogP contribution in [0.25, 0.3) is 16.8 Å². The van der Waals surface area contributed by atoms with Crippen LogP contribution in [0.2, 0.25) is 0 Å². The maximum absolute atomic E-state index is 14.0. The molecule has 0 spiro atoms. The summed E-state index contributed by atoms with van der Waals surface area (Å²) in [6.07, 6.45) is 7.27. The van der Waals surface area contributed by atoms with E-state index in [0.29, 0.717) is 30.4 Å². The molecule has 0 aromatic heterocycles. The molecule has 1 aliphatic heterocycles. The second-order valence-electron chi connectivity index (χ2n) is 11.0. The minimum Gasteiger partial charge on any atom is -0.350 e. The number of hydrogen-bond acceptors (Lipinski definition) is 7. The number of benzene rings is 3. The van der Waals surface area contributed by atoms with Crippen molar-refractivity contribution in [3.05, 3.63) is 89.0 Å². The monoisotopic (exact) mass is 607 g/mol. The summed E-state index contributed by atoms with van der Waals surface area (Å²) in [6.45, 7) is 4.26. The van der Waals surface area contributed by atoms with E-state index in [0.717, 1.165) is 35.6 Å². The molecule has 230 valence electrons. The molecule has 3 atom stereocenters. The Hall–Kier alpha value is -3.57. The van der Waals surface area contributed by atoms with Crippen molar-refractivity contribution in [2.45, 2.75) is 69.3 Å². The summed E-state index contributed by atoms with van der Waals surface area (Å²) in [7, 11) is -4.13. The lowest BCUT2D eigenvalue weighted by Gasteiger charge is -2.35. The summed E-state index contributed by atoms with van der Waals surface area (Å²) in [4.78, 5) is 33.4. The first-order valence-electron chi connectivity index (χ1n) is 14.7. The first kappa shape index (κ1) is 32.3. The molecule has 0 bridgehead atoms. The van der Waals surface area contributed by atoms with Gasteiger partial charge in [0.25, 0.3) is 11.8 Å². The second kappa shape index (κ2) is 14.3. The van der Waals surface area contributed by atoms with E-state index in [2.05, 4.69) is 10.9 Å². The molecule has 0 saturated carbocycles. The van der Waals surface area contributed by atoms with Gasteiger partial charge in [-0.3, -0.25) is 15.0 Å². The number of ether oxygens (including phenoxy) is 1. The van der Waals surface area contributed by atoms with Gasteiger partial charge in [0.15, 0.2) is 20.9 Å². The molecule has 1 unspecified atom stereocenters. The van der Waals surface area contributed by atoms with E-state index < -0.39 is 38.6 Å². The van der Waals surface area contributed by atoms with Crippen molar-refractivity contribution in [3.63, 3.8) is 0 Å². The maximum Gasteiger partial charge on any atom is 0.259 e. The third kappa shape index (κ3) is 6.99. The summed E-state index contributed by atoms with van der Waals surface area (Å²) in [5, 5.41) is 1.35. The summed E-state index contributed by atoms with van der Waals surface area (Å²) in [5.74, 6) is 3.43. The van der Waals surface area contributed by atoms with E-state index in [1.165, 1.54) is 0 Å². The van der Waals surface area contributed by atoms with Crippen molar-refractivity contribution in [1.82, 2.24) is 10.9 Å². The molecular formula is C33H41N3O6S. The van der Waals surface area contributed by atoms with Crippen LogP contribution < -0.4 is 16.7 Å². The molecule has 0 aliphatic carbocycles. The third-order valence-electron chi connectivity index (χ3n) is 8.02. The van der Waals surface area contributed by atoms with Gasteiger partial charge >= 0.3 is 0 Å². The highest BCUT2D eigenvalue weighted by molar-refractivity contribution is 7.92. The van der Waals surface area contributed by atoms with Crippen molar-refractivity contribution in [2.24, 2.45) is 5.84 Å². The Labute approximate surface area is 253 Å². The van der Waals surface area contributed by atoms with Crippen LogP contribution in [0.15, 0.2) is 66.7 Å². The number of nitrogens with one attached hydrogen (secondary N) is 2. The first-order valence-corrected chi connectivity index (χ1v) is 16.5. The zero-order valence-electron chi connectivity index (χ0n) is 25.0. The summed E-state index contributed by atoms with van der Waals surface area (Å²) in [5.41, 5.74) is 7.17. The molecule has 4 rings (SSSR count). The van der Waals surface area contributed by atoms with E-state index in [-0.39, 0.29) is 18.4 Å². The molecule has 1 saturated heterocycles. The smallest absolute Gasteiger partial charge is 0.259 e. The Morgan fingerprint density at radius 3 is 2.44 bits per heavy atom. The molecule has 1 fully saturated rings. The van der Waals surface area contributed by atoms with Crippen molar-refractivity contribution in [2.75, 3.05) is 12.9 Å². The van der Waals surface area contributed by atoms with Crippen LogP contribution in [-0.4, -0.2) is 39.4 Å². The van der Waals surface area contributed by atoms with Gasteiger partial charge in [0, 0.05) is 19.3 Å². The van der Waals surface area contributed by atoms with E-state index >= 15 is 0 Å². The van der Waals surface area contributed by atoms with E-state index in [9.17, 15) is 18.0 Å². The van der Waals surface area contributed by atoms with Crippen LogP contribution in [0.4, 0.5) is 0 Å². The predicted octanol–water partition coefficient (Wildman–Crippen LogP) is 4.94. The normalized spacial score (nSPS) is 17.8. The quantitative estimate of drug-likeness (QED) is 0.151. The van der Waals surface area contributed by atoms with Gasteiger partial charge in [0.2, 0.25) is 0 Å². The number of sulfone groups is 1. The number of rotatable bonds is 12. The molecule has 3 aromatic carbocycles. The molecule has 1 aliphatic rings. The van der Waals surface area contributed by atoms with Crippen LogP contribution in [0.3, 0.4) is 0 Å². The van der Waals surface area contributed by atoms with Crippen LogP contribution in [-0.2, 0) is 33.7 Å². The number of nitrogens with two attached hydrogens (primary N) is 1. The number of carbonyl (C=O) groups is 2. The van der Waals surface area contributed by atoms with E-state index in [1.54, 1.807) is 12.1 Å². The van der Waals surface area contributed by atoms with Gasteiger partial charge in [-0.1, -0.05) is 86.2 Å². The fraction of sp³-hybridized carbons (Fsp3) is 0.394. The average molecular weight is 608 g/mol. The molecule has 0 radical (unpaired) electrons. The lowest BCUT2D eigenvalue weighted by atomic mass is 9.78. The van der Waals surface area contributed by atoms with Crippen LogP contribution in [0.1, 0.15) is 73.6 Å². The van der Waals surface area contributed by atoms with E-state index in [4.69, 9.17) is 15.4 Å². The number of fused-ring (bicyclic) bond motifs is 1. The number of amides is 2. The molecule has 1 heterocycles. The fourth-order valence-corrected chi connectivity index (χ4v) is 7.52. The van der Waals surface area contributed by atoms with Crippen molar-refractivity contribution in [3.8, 4) is 0 Å². The lowest BCUT2D eigenvalue weighted by molar-refractivity contribution is -0.201. The van der Waals surface area contributed by atoms with Crippen LogP contribution in [0.5, 0.6) is 0 Å².